The first kappa shape index (κ1) is 14.1. The van der Waals surface area contributed by atoms with E-state index >= 15 is 0 Å². The number of hydrogen-bond donors (Lipinski definition) is 1. The van der Waals surface area contributed by atoms with Crippen LogP contribution in [0.15, 0.2) is 34.9 Å². The molecular formula is C13H13BrClN3O. The van der Waals surface area contributed by atoms with Crippen LogP contribution in [0.2, 0.25) is 5.02 Å². The van der Waals surface area contributed by atoms with Gasteiger partial charge in [0, 0.05) is 16.6 Å². The van der Waals surface area contributed by atoms with Crippen molar-refractivity contribution in [3.8, 4) is 0 Å². The third-order valence-electron chi connectivity index (χ3n) is 2.72. The van der Waals surface area contributed by atoms with E-state index in [1.807, 2.05) is 19.1 Å². The summed E-state index contributed by atoms with van der Waals surface area (Å²) in [6.45, 7) is 3.06. The maximum absolute atomic E-state index is 12.0. The molecular weight excluding hydrogens is 330 g/mol. The van der Waals surface area contributed by atoms with Crippen LogP contribution in [-0.4, -0.2) is 15.7 Å². The fourth-order valence-corrected chi connectivity index (χ4v) is 2.18. The van der Waals surface area contributed by atoms with Crippen LogP contribution in [0.25, 0.3) is 0 Å². The van der Waals surface area contributed by atoms with Gasteiger partial charge in [0.2, 0.25) is 0 Å². The number of hydrogen-bond acceptors (Lipinski definition) is 2. The van der Waals surface area contributed by atoms with Crippen molar-refractivity contribution < 1.29 is 4.79 Å². The van der Waals surface area contributed by atoms with Crippen molar-refractivity contribution in [2.45, 2.75) is 20.0 Å². The Hall–Kier alpha value is -1.33. The first-order valence-corrected chi connectivity index (χ1v) is 7.03. The van der Waals surface area contributed by atoms with Crippen LogP contribution >= 0.6 is 27.5 Å². The maximum atomic E-state index is 12.0. The topological polar surface area (TPSA) is 46.9 Å². The summed E-state index contributed by atoms with van der Waals surface area (Å²) in [4.78, 5) is 12.0. The molecule has 19 heavy (non-hydrogen) atoms. The van der Waals surface area contributed by atoms with E-state index < -0.39 is 0 Å². The summed E-state index contributed by atoms with van der Waals surface area (Å²) >= 11 is 9.37. The molecule has 0 aliphatic carbocycles. The van der Waals surface area contributed by atoms with Gasteiger partial charge in [-0.1, -0.05) is 27.5 Å². The number of nitrogens with zero attached hydrogens (tertiary/aromatic N) is 2. The summed E-state index contributed by atoms with van der Waals surface area (Å²) in [5.41, 5.74) is 1.43. The predicted octanol–water partition coefficient (Wildman–Crippen LogP) is 3.25. The molecule has 2 aromatic rings. The van der Waals surface area contributed by atoms with E-state index in [0.717, 1.165) is 16.7 Å². The zero-order chi connectivity index (χ0) is 13.8. The van der Waals surface area contributed by atoms with Crippen molar-refractivity contribution in [2.75, 3.05) is 0 Å². The maximum Gasteiger partial charge on any atom is 0.251 e. The van der Waals surface area contributed by atoms with E-state index in [1.165, 1.54) is 0 Å². The second-order valence-electron chi connectivity index (χ2n) is 3.94. The van der Waals surface area contributed by atoms with Gasteiger partial charge in [0.1, 0.15) is 0 Å². The van der Waals surface area contributed by atoms with Crippen LogP contribution in [0.3, 0.4) is 0 Å². The molecule has 0 bridgehead atoms. The number of aryl methyl sites for hydroxylation is 1. The molecule has 0 unspecified atom stereocenters. The fourth-order valence-electron chi connectivity index (χ4n) is 1.70. The van der Waals surface area contributed by atoms with Crippen molar-refractivity contribution in [1.82, 2.24) is 15.1 Å². The Morgan fingerprint density at radius 3 is 2.74 bits per heavy atom. The third-order valence-corrected chi connectivity index (χ3v) is 3.56. The molecule has 1 amide bonds. The van der Waals surface area contributed by atoms with E-state index in [9.17, 15) is 4.79 Å². The largest absolute Gasteiger partial charge is 0.346 e. The predicted molar refractivity (Wildman–Crippen MR) is 78.2 cm³/mol. The number of aromatic nitrogens is 2. The fraction of sp³-hybridized carbons (Fsp3) is 0.231. The number of benzene rings is 1. The molecule has 1 N–H and O–H groups in total. The summed E-state index contributed by atoms with van der Waals surface area (Å²) in [5, 5.41) is 7.53. The highest BCUT2D eigenvalue weighted by atomic mass is 79.9. The Kier molecular flexibility index (Phi) is 4.61. The summed E-state index contributed by atoms with van der Waals surface area (Å²) in [6.07, 6.45) is 1.59. The van der Waals surface area contributed by atoms with Crippen LogP contribution in [0.1, 0.15) is 23.0 Å². The molecule has 2 rings (SSSR count). The molecule has 0 aliphatic heterocycles. The molecule has 0 atom stereocenters. The number of carbonyl (C=O) groups excluding carboxylic acids is 1. The highest BCUT2D eigenvalue weighted by molar-refractivity contribution is 9.10. The van der Waals surface area contributed by atoms with E-state index in [4.69, 9.17) is 11.6 Å². The quantitative estimate of drug-likeness (QED) is 0.927. The molecule has 1 heterocycles. The minimum Gasteiger partial charge on any atom is -0.346 e. The van der Waals surface area contributed by atoms with Gasteiger partial charge >= 0.3 is 0 Å². The Bertz CT molecular complexity index is 580. The Balaban J connectivity index is 2.04. The monoisotopic (exact) mass is 341 g/mol. The number of halogens is 2. The number of rotatable bonds is 4. The van der Waals surface area contributed by atoms with E-state index in [-0.39, 0.29) is 5.91 Å². The molecule has 0 fully saturated rings. The SMILES string of the molecule is CCn1ncc(Cl)c1CNC(=O)c1ccc(Br)cc1. The van der Waals surface area contributed by atoms with Crippen LogP contribution < -0.4 is 5.32 Å². The van der Waals surface area contributed by atoms with Crippen molar-refractivity contribution in [2.24, 2.45) is 0 Å². The zero-order valence-electron chi connectivity index (χ0n) is 10.4. The molecule has 1 aromatic carbocycles. The van der Waals surface area contributed by atoms with Gasteiger partial charge in [-0.25, -0.2) is 0 Å². The minimum absolute atomic E-state index is 0.132. The summed E-state index contributed by atoms with van der Waals surface area (Å²) in [5.74, 6) is -0.132. The average Bonchev–Trinajstić information content (AvgIpc) is 2.77. The van der Waals surface area contributed by atoms with Gasteiger partial charge in [-0.15, -0.1) is 0 Å². The van der Waals surface area contributed by atoms with Crippen molar-refractivity contribution in [1.29, 1.82) is 0 Å². The molecule has 1 aromatic heterocycles. The lowest BCUT2D eigenvalue weighted by molar-refractivity contribution is 0.0950. The van der Waals surface area contributed by atoms with Gasteiger partial charge in [-0.2, -0.15) is 5.10 Å². The van der Waals surface area contributed by atoms with Crippen LogP contribution in [0.5, 0.6) is 0 Å². The smallest absolute Gasteiger partial charge is 0.251 e. The number of carbonyl (C=O) groups is 1. The normalized spacial score (nSPS) is 10.5. The molecule has 4 nitrogen and oxygen atoms in total. The molecule has 0 saturated heterocycles. The Labute approximate surface area is 124 Å². The van der Waals surface area contributed by atoms with Crippen molar-refractivity contribution in [3.63, 3.8) is 0 Å². The van der Waals surface area contributed by atoms with E-state index in [2.05, 4.69) is 26.3 Å². The third kappa shape index (κ3) is 3.36. The molecule has 0 aliphatic rings. The second-order valence-corrected chi connectivity index (χ2v) is 5.27. The Morgan fingerprint density at radius 2 is 2.11 bits per heavy atom. The van der Waals surface area contributed by atoms with Gasteiger partial charge in [0.05, 0.1) is 23.5 Å². The van der Waals surface area contributed by atoms with Crippen LogP contribution in [-0.2, 0) is 13.1 Å². The van der Waals surface area contributed by atoms with E-state index in [1.54, 1.807) is 23.0 Å². The summed E-state index contributed by atoms with van der Waals surface area (Å²) < 4.78 is 2.71. The van der Waals surface area contributed by atoms with Crippen molar-refractivity contribution >= 4 is 33.4 Å². The average molecular weight is 343 g/mol. The highest BCUT2D eigenvalue weighted by Crippen LogP contribution is 2.15. The first-order valence-electron chi connectivity index (χ1n) is 5.85. The summed E-state index contributed by atoms with van der Waals surface area (Å²) in [7, 11) is 0. The molecule has 100 valence electrons. The summed E-state index contributed by atoms with van der Waals surface area (Å²) in [6, 6.07) is 7.19. The Morgan fingerprint density at radius 1 is 1.42 bits per heavy atom. The molecule has 0 spiro atoms. The molecule has 0 saturated carbocycles. The van der Waals surface area contributed by atoms with Crippen LogP contribution in [0.4, 0.5) is 0 Å². The lowest BCUT2D eigenvalue weighted by Gasteiger charge is -2.08. The zero-order valence-corrected chi connectivity index (χ0v) is 12.7. The first-order chi connectivity index (χ1) is 9.11. The van der Waals surface area contributed by atoms with Crippen LogP contribution in [0, 0.1) is 0 Å². The van der Waals surface area contributed by atoms with Gasteiger partial charge in [0.25, 0.3) is 5.91 Å². The van der Waals surface area contributed by atoms with Gasteiger partial charge in [-0.3, -0.25) is 9.48 Å². The van der Waals surface area contributed by atoms with E-state index in [0.29, 0.717) is 17.1 Å². The lowest BCUT2D eigenvalue weighted by Crippen LogP contribution is -2.24. The minimum atomic E-state index is -0.132. The van der Waals surface area contributed by atoms with Gasteiger partial charge in [0.15, 0.2) is 0 Å². The lowest BCUT2D eigenvalue weighted by atomic mass is 10.2. The molecule has 6 heteroatoms. The standard InChI is InChI=1S/C13H13BrClN3O/c1-2-18-12(11(15)7-17-18)8-16-13(19)9-3-5-10(14)6-4-9/h3-7H,2,8H2,1H3,(H,16,19). The number of amides is 1. The molecule has 0 radical (unpaired) electrons. The highest BCUT2D eigenvalue weighted by Gasteiger charge is 2.10. The van der Waals surface area contributed by atoms with Crippen molar-refractivity contribution in [3.05, 3.63) is 51.2 Å². The van der Waals surface area contributed by atoms with Gasteiger partial charge < -0.3 is 5.32 Å². The second kappa shape index (κ2) is 6.21. The van der Waals surface area contributed by atoms with Gasteiger partial charge in [-0.05, 0) is 31.2 Å². The number of nitrogens with one attached hydrogen (secondary N) is 1.